The average Bonchev–Trinajstić information content (AvgIpc) is 3.21. The molecular formula is C19H19N3O3S. The van der Waals surface area contributed by atoms with Crippen LogP contribution in [0.2, 0.25) is 0 Å². The lowest BCUT2D eigenvalue weighted by Gasteiger charge is -2.34. The van der Waals surface area contributed by atoms with Gasteiger partial charge in [-0.25, -0.2) is 0 Å². The molecule has 1 aromatic heterocycles. The number of carbonyl (C=O) groups excluding carboxylic acids is 3. The Hall–Kier alpha value is -2.67. The molecule has 2 aromatic rings. The van der Waals surface area contributed by atoms with Crippen molar-refractivity contribution in [1.29, 1.82) is 0 Å². The van der Waals surface area contributed by atoms with Gasteiger partial charge in [-0.3, -0.25) is 14.4 Å². The number of benzene rings is 1. The van der Waals surface area contributed by atoms with Crippen molar-refractivity contribution in [2.45, 2.75) is 25.3 Å². The Labute approximate surface area is 155 Å². The standard InChI is InChI=1S/C19H19N3O3S/c1-19(2)12-6-5-11(10-13(12)21-18(19)25)17(24)22-8-7-20-16(23)15(22)14-4-3-9-26-14/h3-6,9-10,15H,7-8H2,1-2H3,(H,20,23)(H,21,25). The van der Waals surface area contributed by atoms with E-state index in [0.29, 0.717) is 24.3 Å². The van der Waals surface area contributed by atoms with E-state index < -0.39 is 11.5 Å². The van der Waals surface area contributed by atoms with E-state index in [1.54, 1.807) is 17.0 Å². The Morgan fingerprint density at radius 3 is 2.81 bits per heavy atom. The van der Waals surface area contributed by atoms with E-state index in [1.165, 1.54) is 11.3 Å². The molecule has 2 aliphatic rings. The van der Waals surface area contributed by atoms with Crippen molar-refractivity contribution in [3.05, 3.63) is 51.7 Å². The number of nitrogens with zero attached hydrogens (tertiary/aromatic N) is 1. The van der Waals surface area contributed by atoms with Crippen LogP contribution in [-0.4, -0.2) is 35.7 Å². The summed E-state index contributed by atoms with van der Waals surface area (Å²) in [6, 6.07) is 8.40. The maximum atomic E-state index is 13.1. The van der Waals surface area contributed by atoms with Crippen LogP contribution in [0.5, 0.6) is 0 Å². The van der Waals surface area contributed by atoms with Crippen LogP contribution in [0.1, 0.15) is 40.7 Å². The summed E-state index contributed by atoms with van der Waals surface area (Å²) in [5.41, 5.74) is 1.41. The number of nitrogens with one attached hydrogen (secondary N) is 2. The second-order valence-electron chi connectivity index (χ2n) is 7.05. The van der Waals surface area contributed by atoms with Crippen molar-refractivity contribution < 1.29 is 14.4 Å². The predicted molar refractivity (Wildman–Crippen MR) is 99.2 cm³/mol. The topological polar surface area (TPSA) is 78.5 Å². The fourth-order valence-corrected chi connectivity index (χ4v) is 4.34. The van der Waals surface area contributed by atoms with Crippen LogP contribution in [0.15, 0.2) is 35.7 Å². The average molecular weight is 369 g/mol. The van der Waals surface area contributed by atoms with E-state index in [-0.39, 0.29) is 17.7 Å². The number of fused-ring (bicyclic) bond motifs is 1. The molecule has 2 aliphatic heterocycles. The number of rotatable bonds is 2. The van der Waals surface area contributed by atoms with Gasteiger partial charge in [-0.05, 0) is 43.0 Å². The van der Waals surface area contributed by atoms with Gasteiger partial charge in [0.25, 0.3) is 5.91 Å². The zero-order valence-electron chi connectivity index (χ0n) is 14.5. The number of thiophene rings is 1. The summed E-state index contributed by atoms with van der Waals surface area (Å²) in [7, 11) is 0. The molecule has 1 atom stereocenters. The first-order valence-corrected chi connectivity index (χ1v) is 9.35. The molecule has 6 nitrogen and oxygen atoms in total. The third-order valence-electron chi connectivity index (χ3n) is 5.04. The summed E-state index contributed by atoms with van der Waals surface area (Å²) in [4.78, 5) is 40.1. The number of amides is 3. The Bertz CT molecular complexity index is 905. The van der Waals surface area contributed by atoms with Gasteiger partial charge in [0.05, 0.1) is 5.41 Å². The minimum absolute atomic E-state index is 0.0779. The van der Waals surface area contributed by atoms with Gasteiger partial charge in [0.15, 0.2) is 0 Å². The van der Waals surface area contributed by atoms with E-state index in [9.17, 15) is 14.4 Å². The minimum Gasteiger partial charge on any atom is -0.352 e. The highest BCUT2D eigenvalue weighted by atomic mass is 32.1. The fraction of sp³-hybridized carbons (Fsp3) is 0.316. The molecule has 134 valence electrons. The summed E-state index contributed by atoms with van der Waals surface area (Å²) < 4.78 is 0. The Balaban J connectivity index is 1.68. The van der Waals surface area contributed by atoms with E-state index in [0.717, 1.165) is 10.4 Å². The molecule has 0 spiro atoms. The molecule has 26 heavy (non-hydrogen) atoms. The first-order chi connectivity index (χ1) is 12.4. The highest BCUT2D eigenvalue weighted by Gasteiger charge is 2.40. The third kappa shape index (κ3) is 2.50. The summed E-state index contributed by atoms with van der Waals surface area (Å²) >= 11 is 1.46. The van der Waals surface area contributed by atoms with Gasteiger partial charge in [0, 0.05) is 29.2 Å². The normalized spacial score (nSPS) is 21.2. The molecule has 1 fully saturated rings. The summed E-state index contributed by atoms with van der Waals surface area (Å²) in [5, 5.41) is 7.57. The Morgan fingerprint density at radius 1 is 1.27 bits per heavy atom. The molecule has 2 N–H and O–H groups in total. The number of hydrogen-bond donors (Lipinski definition) is 2. The van der Waals surface area contributed by atoms with Gasteiger partial charge in [-0.1, -0.05) is 12.1 Å². The van der Waals surface area contributed by atoms with E-state index >= 15 is 0 Å². The van der Waals surface area contributed by atoms with E-state index in [2.05, 4.69) is 10.6 Å². The molecule has 0 radical (unpaired) electrons. The van der Waals surface area contributed by atoms with Crippen LogP contribution in [0.25, 0.3) is 0 Å². The lowest BCUT2D eigenvalue weighted by atomic mass is 9.86. The molecule has 7 heteroatoms. The van der Waals surface area contributed by atoms with Crippen molar-refractivity contribution in [3.8, 4) is 0 Å². The fourth-order valence-electron chi connectivity index (χ4n) is 3.51. The second-order valence-corrected chi connectivity index (χ2v) is 8.03. The van der Waals surface area contributed by atoms with Crippen LogP contribution < -0.4 is 10.6 Å². The molecular weight excluding hydrogens is 350 g/mol. The maximum Gasteiger partial charge on any atom is 0.254 e. The van der Waals surface area contributed by atoms with Crippen LogP contribution in [0.3, 0.4) is 0 Å². The Kier molecular flexibility index (Phi) is 3.84. The molecule has 3 heterocycles. The zero-order chi connectivity index (χ0) is 18.5. The second kappa shape index (κ2) is 5.95. The lowest BCUT2D eigenvalue weighted by molar-refractivity contribution is -0.128. The molecule has 0 bridgehead atoms. The highest BCUT2D eigenvalue weighted by Crippen LogP contribution is 2.38. The van der Waals surface area contributed by atoms with Crippen LogP contribution in [0.4, 0.5) is 5.69 Å². The lowest BCUT2D eigenvalue weighted by Crippen LogP contribution is -2.51. The SMILES string of the molecule is CC1(C)C(=O)Nc2cc(C(=O)N3CCNC(=O)C3c3cccs3)ccc21. The van der Waals surface area contributed by atoms with E-state index in [1.807, 2.05) is 37.4 Å². The van der Waals surface area contributed by atoms with E-state index in [4.69, 9.17) is 0 Å². The third-order valence-corrected chi connectivity index (χ3v) is 5.97. The summed E-state index contributed by atoms with van der Waals surface area (Å²) in [6.07, 6.45) is 0. The van der Waals surface area contributed by atoms with Crippen LogP contribution >= 0.6 is 11.3 Å². The number of piperazine rings is 1. The van der Waals surface area contributed by atoms with Gasteiger partial charge < -0.3 is 15.5 Å². The van der Waals surface area contributed by atoms with Crippen LogP contribution in [0, 0.1) is 0 Å². The quantitative estimate of drug-likeness (QED) is 0.853. The van der Waals surface area contributed by atoms with Crippen molar-refractivity contribution in [3.63, 3.8) is 0 Å². The first-order valence-electron chi connectivity index (χ1n) is 8.47. The van der Waals surface area contributed by atoms with Gasteiger partial charge in [-0.2, -0.15) is 0 Å². The van der Waals surface area contributed by atoms with Crippen LogP contribution in [-0.2, 0) is 15.0 Å². The predicted octanol–water partition coefficient (Wildman–Crippen LogP) is 2.29. The Morgan fingerprint density at radius 2 is 2.08 bits per heavy atom. The summed E-state index contributed by atoms with van der Waals surface area (Å²) in [5.74, 6) is -0.450. The smallest absolute Gasteiger partial charge is 0.254 e. The van der Waals surface area contributed by atoms with Gasteiger partial charge in [-0.15, -0.1) is 11.3 Å². The monoisotopic (exact) mass is 369 g/mol. The highest BCUT2D eigenvalue weighted by molar-refractivity contribution is 7.10. The number of anilines is 1. The minimum atomic E-state index is -0.615. The van der Waals surface area contributed by atoms with Crippen molar-refractivity contribution in [2.75, 3.05) is 18.4 Å². The molecule has 3 amide bonds. The van der Waals surface area contributed by atoms with Crippen molar-refractivity contribution >= 4 is 34.7 Å². The molecule has 4 rings (SSSR count). The zero-order valence-corrected chi connectivity index (χ0v) is 15.4. The number of carbonyl (C=O) groups is 3. The summed E-state index contributed by atoms with van der Waals surface area (Å²) in [6.45, 7) is 4.60. The van der Waals surface area contributed by atoms with Crippen molar-refractivity contribution in [2.24, 2.45) is 0 Å². The molecule has 0 aliphatic carbocycles. The number of hydrogen-bond acceptors (Lipinski definition) is 4. The van der Waals surface area contributed by atoms with Crippen molar-refractivity contribution in [1.82, 2.24) is 10.2 Å². The molecule has 1 aromatic carbocycles. The van der Waals surface area contributed by atoms with Gasteiger partial charge in [0.2, 0.25) is 11.8 Å². The molecule has 1 saturated heterocycles. The van der Waals surface area contributed by atoms with Gasteiger partial charge in [0.1, 0.15) is 6.04 Å². The molecule has 0 saturated carbocycles. The maximum absolute atomic E-state index is 13.1. The first kappa shape index (κ1) is 16.8. The van der Waals surface area contributed by atoms with Gasteiger partial charge >= 0.3 is 0 Å². The molecule has 1 unspecified atom stereocenters. The largest absolute Gasteiger partial charge is 0.352 e.